The van der Waals surface area contributed by atoms with Crippen LogP contribution in [0.2, 0.25) is 5.02 Å². The molecule has 1 nitrogen and oxygen atoms in total. The number of benzene rings is 1. The van der Waals surface area contributed by atoms with Crippen LogP contribution >= 0.6 is 11.6 Å². The first-order chi connectivity index (χ1) is 6.59. The lowest BCUT2D eigenvalue weighted by atomic mass is 10.1. The van der Waals surface area contributed by atoms with Gasteiger partial charge in [0.2, 0.25) is 0 Å². The molecule has 0 spiro atoms. The minimum atomic E-state index is -0.384. The van der Waals surface area contributed by atoms with E-state index in [2.05, 4.69) is 0 Å². The highest BCUT2D eigenvalue weighted by atomic mass is 35.5. The number of hydrogen-bond acceptors (Lipinski definition) is 1. The molecule has 1 rings (SSSR count). The van der Waals surface area contributed by atoms with Crippen molar-refractivity contribution in [1.82, 2.24) is 0 Å². The van der Waals surface area contributed by atoms with Gasteiger partial charge in [-0.25, -0.2) is 0 Å². The summed E-state index contributed by atoms with van der Waals surface area (Å²) in [5, 5.41) is 10.3. The summed E-state index contributed by atoms with van der Waals surface area (Å²) < 4.78 is 0. The van der Waals surface area contributed by atoms with Gasteiger partial charge in [-0.2, -0.15) is 0 Å². The Morgan fingerprint density at radius 1 is 1.21 bits per heavy atom. The van der Waals surface area contributed by atoms with Crippen molar-refractivity contribution in [3.05, 3.63) is 40.9 Å². The molecule has 1 aromatic rings. The summed E-state index contributed by atoms with van der Waals surface area (Å²) in [5.41, 5.74) is 1.05. The molecule has 1 aromatic carbocycles. The highest BCUT2D eigenvalue weighted by Gasteiger charge is 2.03. The molecule has 14 heavy (non-hydrogen) atoms. The summed E-state index contributed by atoms with van der Waals surface area (Å²) >= 11 is 5.75. The van der Waals surface area contributed by atoms with Gasteiger partial charge in [0.05, 0.1) is 6.10 Å². The maximum absolute atomic E-state index is 9.53. The fourth-order valence-electron chi connectivity index (χ4n) is 1.01. The first-order valence-corrected chi connectivity index (χ1v) is 5.09. The summed E-state index contributed by atoms with van der Waals surface area (Å²) in [4.78, 5) is 0. The summed E-state index contributed by atoms with van der Waals surface area (Å²) in [6.45, 7) is 3.97. The quantitative estimate of drug-likeness (QED) is 0.811. The number of halogens is 1. The lowest BCUT2D eigenvalue weighted by Crippen LogP contribution is -2.10. The average Bonchev–Trinajstić information content (AvgIpc) is 2.16. The van der Waals surface area contributed by atoms with E-state index in [4.69, 9.17) is 11.6 Å². The molecule has 0 heterocycles. The third kappa shape index (κ3) is 3.52. The van der Waals surface area contributed by atoms with Crippen LogP contribution in [-0.4, -0.2) is 11.2 Å². The Morgan fingerprint density at radius 2 is 1.79 bits per heavy atom. The molecule has 0 amide bonds. The maximum Gasteiger partial charge on any atom is 0.0747 e. The van der Waals surface area contributed by atoms with Gasteiger partial charge in [0.1, 0.15) is 0 Å². The molecule has 0 saturated carbocycles. The van der Waals surface area contributed by atoms with Crippen molar-refractivity contribution in [2.24, 2.45) is 5.92 Å². The van der Waals surface area contributed by atoms with Gasteiger partial charge in [0.15, 0.2) is 0 Å². The van der Waals surface area contributed by atoms with Crippen molar-refractivity contribution in [3.63, 3.8) is 0 Å². The van der Waals surface area contributed by atoms with Gasteiger partial charge >= 0.3 is 0 Å². The van der Waals surface area contributed by atoms with Crippen molar-refractivity contribution in [2.45, 2.75) is 20.0 Å². The summed E-state index contributed by atoms with van der Waals surface area (Å²) in [6.07, 6.45) is 3.32. The highest BCUT2D eigenvalue weighted by Crippen LogP contribution is 2.12. The molecule has 0 aromatic heterocycles. The third-order valence-corrected chi connectivity index (χ3v) is 2.29. The van der Waals surface area contributed by atoms with E-state index in [9.17, 15) is 5.11 Å². The van der Waals surface area contributed by atoms with Crippen LogP contribution in [0.5, 0.6) is 0 Å². The molecular weight excluding hydrogens is 196 g/mol. The van der Waals surface area contributed by atoms with Gasteiger partial charge < -0.3 is 5.11 Å². The Balaban J connectivity index is 2.64. The summed E-state index contributed by atoms with van der Waals surface area (Å²) in [6, 6.07) is 7.52. The third-order valence-electron chi connectivity index (χ3n) is 2.04. The maximum atomic E-state index is 9.53. The van der Waals surface area contributed by atoms with Crippen LogP contribution in [0.3, 0.4) is 0 Å². The van der Waals surface area contributed by atoms with Crippen LogP contribution in [-0.2, 0) is 0 Å². The van der Waals surface area contributed by atoms with E-state index in [-0.39, 0.29) is 12.0 Å². The van der Waals surface area contributed by atoms with E-state index in [1.165, 1.54) is 0 Å². The molecule has 0 saturated heterocycles. The van der Waals surface area contributed by atoms with Gasteiger partial charge in [-0.3, -0.25) is 0 Å². The zero-order valence-electron chi connectivity index (χ0n) is 8.44. The van der Waals surface area contributed by atoms with Crippen molar-refractivity contribution >= 4 is 17.7 Å². The second kappa shape index (κ2) is 5.18. The van der Waals surface area contributed by atoms with Crippen molar-refractivity contribution < 1.29 is 5.11 Å². The topological polar surface area (TPSA) is 20.2 Å². The molecule has 0 unspecified atom stereocenters. The lowest BCUT2D eigenvalue weighted by molar-refractivity contribution is 0.173. The minimum Gasteiger partial charge on any atom is -0.389 e. The largest absolute Gasteiger partial charge is 0.389 e. The molecule has 1 atom stereocenters. The van der Waals surface area contributed by atoms with Crippen molar-refractivity contribution in [1.29, 1.82) is 0 Å². The number of hydrogen-bond donors (Lipinski definition) is 1. The van der Waals surface area contributed by atoms with Crippen LogP contribution in [0.4, 0.5) is 0 Å². The normalized spacial score (nSPS) is 13.8. The molecular formula is C12H15ClO. The van der Waals surface area contributed by atoms with Crippen molar-refractivity contribution in [2.75, 3.05) is 0 Å². The fraction of sp³-hybridized carbons (Fsp3) is 0.333. The van der Waals surface area contributed by atoms with Crippen molar-refractivity contribution in [3.8, 4) is 0 Å². The number of aliphatic hydroxyl groups is 1. The first-order valence-electron chi connectivity index (χ1n) is 4.71. The van der Waals surface area contributed by atoms with Gasteiger partial charge in [0, 0.05) is 5.02 Å². The molecule has 0 aliphatic rings. The van der Waals surface area contributed by atoms with Crippen LogP contribution in [0.25, 0.3) is 6.08 Å². The Labute approximate surface area is 90.0 Å². The smallest absolute Gasteiger partial charge is 0.0747 e. The number of rotatable bonds is 3. The predicted octanol–water partition coefficient (Wildman–Crippen LogP) is 3.37. The van der Waals surface area contributed by atoms with Crippen LogP contribution in [0, 0.1) is 5.92 Å². The molecule has 0 radical (unpaired) electrons. The van der Waals surface area contributed by atoms with Gasteiger partial charge in [-0.05, 0) is 23.6 Å². The summed E-state index contributed by atoms with van der Waals surface area (Å²) in [7, 11) is 0. The van der Waals surface area contributed by atoms with E-state index < -0.39 is 0 Å². The van der Waals surface area contributed by atoms with Crippen LogP contribution in [0.1, 0.15) is 19.4 Å². The Hall–Kier alpha value is -0.790. The summed E-state index contributed by atoms with van der Waals surface area (Å²) in [5.74, 6) is 0.249. The fourth-order valence-corrected chi connectivity index (χ4v) is 1.13. The van der Waals surface area contributed by atoms with E-state index in [1.807, 2.05) is 44.2 Å². The lowest BCUT2D eigenvalue weighted by Gasteiger charge is -2.08. The molecule has 76 valence electrons. The molecule has 0 bridgehead atoms. The minimum absolute atomic E-state index is 0.249. The zero-order chi connectivity index (χ0) is 10.6. The zero-order valence-corrected chi connectivity index (χ0v) is 9.20. The average molecular weight is 211 g/mol. The van der Waals surface area contributed by atoms with Gasteiger partial charge in [-0.15, -0.1) is 0 Å². The molecule has 2 heteroatoms. The van der Waals surface area contributed by atoms with E-state index >= 15 is 0 Å². The second-order valence-electron chi connectivity index (χ2n) is 3.65. The molecule has 1 N–H and O–H groups in total. The Morgan fingerprint density at radius 3 is 2.29 bits per heavy atom. The molecule has 0 aliphatic carbocycles. The van der Waals surface area contributed by atoms with Crippen LogP contribution in [0.15, 0.2) is 30.3 Å². The first kappa shape index (κ1) is 11.3. The van der Waals surface area contributed by atoms with Gasteiger partial charge in [0.25, 0.3) is 0 Å². The van der Waals surface area contributed by atoms with E-state index in [0.717, 1.165) is 10.6 Å². The SMILES string of the molecule is CC(C)[C@H](O)/C=C/c1ccc(Cl)cc1. The molecule has 0 aliphatic heterocycles. The second-order valence-corrected chi connectivity index (χ2v) is 4.08. The van der Waals surface area contributed by atoms with Crippen LogP contribution < -0.4 is 0 Å². The highest BCUT2D eigenvalue weighted by molar-refractivity contribution is 6.30. The van der Waals surface area contributed by atoms with Gasteiger partial charge in [-0.1, -0.05) is 49.7 Å². The monoisotopic (exact) mass is 210 g/mol. The standard InChI is InChI=1S/C12H15ClO/c1-9(2)12(14)8-5-10-3-6-11(13)7-4-10/h3-9,12,14H,1-2H3/b8-5+/t12-/m1/s1. The predicted molar refractivity (Wildman–Crippen MR) is 61.3 cm³/mol. The number of aliphatic hydroxyl groups excluding tert-OH is 1. The van der Waals surface area contributed by atoms with E-state index in [1.54, 1.807) is 6.08 Å². The molecule has 0 fully saturated rings. The van der Waals surface area contributed by atoms with E-state index in [0.29, 0.717) is 0 Å². The Kier molecular flexibility index (Phi) is 4.18. The Bertz CT molecular complexity index is 301.